The third kappa shape index (κ3) is 2.70. The van der Waals surface area contributed by atoms with E-state index in [0.29, 0.717) is 6.07 Å². The van der Waals surface area contributed by atoms with Crippen molar-refractivity contribution in [3.63, 3.8) is 0 Å². The van der Waals surface area contributed by atoms with Crippen LogP contribution in [-0.4, -0.2) is 4.98 Å². The number of aromatic nitrogens is 1. The highest BCUT2D eigenvalue weighted by molar-refractivity contribution is 6.35. The first-order chi connectivity index (χ1) is 7.03. The molecule has 0 unspecified atom stereocenters. The molecule has 90 valence electrons. The number of alkyl halides is 6. The fourth-order valence-corrected chi connectivity index (χ4v) is 1.44. The molecule has 0 N–H and O–H groups in total. The van der Waals surface area contributed by atoms with Crippen LogP contribution in [0.3, 0.4) is 0 Å². The zero-order valence-corrected chi connectivity index (χ0v) is 8.56. The summed E-state index contributed by atoms with van der Waals surface area (Å²) >= 11 is 10.2. The van der Waals surface area contributed by atoms with Gasteiger partial charge in [-0.05, 0) is 6.07 Å². The van der Waals surface area contributed by atoms with Crippen LogP contribution in [0, 0.1) is 0 Å². The van der Waals surface area contributed by atoms with Gasteiger partial charge in [0.15, 0.2) is 11.4 Å². The number of nitrogens with zero attached hydrogens (tertiary/aromatic N) is 1. The van der Waals surface area contributed by atoms with Gasteiger partial charge in [-0.25, -0.2) is 4.98 Å². The number of hydrogen-bond donors (Lipinski definition) is 0. The molecule has 0 saturated heterocycles. The van der Waals surface area contributed by atoms with Crippen molar-refractivity contribution >= 4 is 23.2 Å². The Hall–Kier alpha value is -0.690. The molecule has 0 bridgehead atoms. The highest BCUT2D eigenvalue weighted by atomic mass is 35.5. The normalized spacial score (nSPS) is 13.0. The lowest BCUT2D eigenvalue weighted by molar-refractivity contribution is -0.149. The molecular formula is C7HCl2F6N. The maximum atomic E-state index is 12.2. The van der Waals surface area contributed by atoms with Gasteiger partial charge >= 0.3 is 12.4 Å². The SMILES string of the molecule is FC(F)(F)c1nc(C(F)(F)F)c(Cl)cc1Cl. The summed E-state index contributed by atoms with van der Waals surface area (Å²) < 4.78 is 73.1. The molecule has 0 fully saturated rings. The Labute approximate surface area is 95.0 Å². The number of pyridine rings is 1. The molecule has 0 atom stereocenters. The van der Waals surface area contributed by atoms with E-state index in [1.165, 1.54) is 0 Å². The van der Waals surface area contributed by atoms with Crippen molar-refractivity contribution in [2.75, 3.05) is 0 Å². The van der Waals surface area contributed by atoms with Gasteiger partial charge in [-0.3, -0.25) is 0 Å². The summed E-state index contributed by atoms with van der Waals surface area (Å²) in [7, 11) is 0. The average Bonchev–Trinajstić information content (AvgIpc) is 1.97. The second-order valence-electron chi connectivity index (χ2n) is 2.64. The molecule has 0 amide bonds. The van der Waals surface area contributed by atoms with Gasteiger partial charge < -0.3 is 0 Å². The van der Waals surface area contributed by atoms with E-state index in [4.69, 9.17) is 23.2 Å². The number of hydrogen-bond acceptors (Lipinski definition) is 1. The predicted octanol–water partition coefficient (Wildman–Crippen LogP) is 4.43. The molecule has 1 rings (SSSR count). The molecule has 0 saturated carbocycles. The van der Waals surface area contributed by atoms with Gasteiger partial charge in [-0.1, -0.05) is 23.2 Å². The van der Waals surface area contributed by atoms with Gasteiger partial charge in [0.2, 0.25) is 0 Å². The molecule has 0 aliphatic heterocycles. The fraction of sp³-hybridized carbons (Fsp3) is 0.286. The van der Waals surface area contributed by atoms with Gasteiger partial charge in [0.25, 0.3) is 0 Å². The minimum atomic E-state index is -5.07. The minimum absolute atomic E-state index is 0.363. The van der Waals surface area contributed by atoms with Gasteiger partial charge in [-0.2, -0.15) is 26.3 Å². The predicted molar refractivity (Wildman–Crippen MR) is 44.3 cm³/mol. The standard InChI is InChI=1S/C7HCl2F6N/c8-2-1-3(9)5(7(13,14)15)16-4(2)6(10,11)12/h1H. The third-order valence-corrected chi connectivity index (χ3v) is 2.04. The Kier molecular flexibility index (Phi) is 3.31. The molecule has 1 heterocycles. The molecule has 0 aliphatic carbocycles. The first kappa shape index (κ1) is 13.4. The van der Waals surface area contributed by atoms with Crippen LogP contribution in [-0.2, 0) is 12.4 Å². The summed E-state index contributed by atoms with van der Waals surface area (Å²) in [6, 6.07) is 0.363. The Morgan fingerprint density at radius 3 is 1.38 bits per heavy atom. The Balaban J connectivity index is 3.45. The Morgan fingerprint density at radius 1 is 0.812 bits per heavy atom. The second-order valence-corrected chi connectivity index (χ2v) is 3.46. The molecule has 0 aliphatic rings. The van der Waals surface area contributed by atoms with Crippen LogP contribution in [0.25, 0.3) is 0 Å². The zero-order valence-electron chi connectivity index (χ0n) is 7.05. The number of rotatable bonds is 0. The lowest BCUT2D eigenvalue weighted by Gasteiger charge is -2.13. The van der Waals surface area contributed by atoms with E-state index in [2.05, 4.69) is 4.98 Å². The summed E-state index contributed by atoms with van der Waals surface area (Å²) in [6.45, 7) is 0. The van der Waals surface area contributed by atoms with Crippen molar-refractivity contribution in [1.29, 1.82) is 0 Å². The van der Waals surface area contributed by atoms with E-state index in [9.17, 15) is 26.3 Å². The fourth-order valence-electron chi connectivity index (χ4n) is 0.864. The van der Waals surface area contributed by atoms with Crippen LogP contribution in [0.1, 0.15) is 11.4 Å². The highest BCUT2D eigenvalue weighted by Crippen LogP contribution is 2.39. The van der Waals surface area contributed by atoms with E-state index >= 15 is 0 Å². The maximum Gasteiger partial charge on any atom is 0.434 e. The molecular weight excluding hydrogens is 283 g/mol. The van der Waals surface area contributed by atoms with Crippen molar-refractivity contribution in [1.82, 2.24) is 4.98 Å². The van der Waals surface area contributed by atoms with Crippen LogP contribution in [0.15, 0.2) is 6.07 Å². The van der Waals surface area contributed by atoms with Crippen molar-refractivity contribution < 1.29 is 26.3 Å². The third-order valence-electron chi connectivity index (χ3n) is 1.47. The van der Waals surface area contributed by atoms with E-state index in [-0.39, 0.29) is 0 Å². The van der Waals surface area contributed by atoms with E-state index in [1.807, 2.05) is 0 Å². The first-order valence-corrected chi connectivity index (χ1v) is 4.29. The Morgan fingerprint density at radius 2 is 1.12 bits per heavy atom. The van der Waals surface area contributed by atoms with E-state index in [1.54, 1.807) is 0 Å². The van der Waals surface area contributed by atoms with Gasteiger partial charge in [0, 0.05) is 0 Å². The smallest absolute Gasteiger partial charge is 0.236 e. The summed E-state index contributed by atoms with van der Waals surface area (Å²) in [5, 5.41) is -1.96. The van der Waals surface area contributed by atoms with E-state index in [0.717, 1.165) is 0 Å². The van der Waals surface area contributed by atoms with Crippen LogP contribution in [0.5, 0.6) is 0 Å². The molecule has 0 spiro atoms. The maximum absolute atomic E-state index is 12.2. The van der Waals surface area contributed by atoms with Crippen LogP contribution in [0.4, 0.5) is 26.3 Å². The molecule has 16 heavy (non-hydrogen) atoms. The monoisotopic (exact) mass is 283 g/mol. The Bertz CT molecular complexity index is 375. The zero-order chi connectivity index (χ0) is 12.7. The molecule has 0 aromatic carbocycles. The largest absolute Gasteiger partial charge is 0.434 e. The highest BCUT2D eigenvalue weighted by Gasteiger charge is 2.41. The minimum Gasteiger partial charge on any atom is -0.236 e. The van der Waals surface area contributed by atoms with Crippen molar-refractivity contribution in [2.24, 2.45) is 0 Å². The van der Waals surface area contributed by atoms with E-state index < -0.39 is 33.8 Å². The van der Waals surface area contributed by atoms with Crippen molar-refractivity contribution in [3.05, 3.63) is 27.5 Å². The van der Waals surface area contributed by atoms with Crippen molar-refractivity contribution in [3.8, 4) is 0 Å². The molecule has 1 aromatic heterocycles. The van der Waals surface area contributed by atoms with Crippen molar-refractivity contribution in [2.45, 2.75) is 12.4 Å². The van der Waals surface area contributed by atoms with Crippen LogP contribution >= 0.6 is 23.2 Å². The van der Waals surface area contributed by atoms with Gasteiger partial charge in [0.05, 0.1) is 10.0 Å². The average molecular weight is 284 g/mol. The van der Waals surface area contributed by atoms with Gasteiger partial charge in [-0.15, -0.1) is 0 Å². The molecule has 1 aromatic rings. The first-order valence-electron chi connectivity index (χ1n) is 3.54. The molecule has 1 nitrogen and oxygen atoms in total. The second kappa shape index (κ2) is 3.96. The van der Waals surface area contributed by atoms with Crippen LogP contribution < -0.4 is 0 Å². The summed E-state index contributed by atoms with van der Waals surface area (Å²) in [6.07, 6.45) is -10.1. The summed E-state index contributed by atoms with van der Waals surface area (Å²) in [5.74, 6) is 0. The van der Waals surface area contributed by atoms with Crippen LogP contribution in [0.2, 0.25) is 10.0 Å². The number of halogens is 8. The van der Waals surface area contributed by atoms with Gasteiger partial charge in [0.1, 0.15) is 0 Å². The summed E-state index contributed by atoms with van der Waals surface area (Å²) in [4.78, 5) is 2.40. The quantitative estimate of drug-likeness (QED) is 0.642. The summed E-state index contributed by atoms with van der Waals surface area (Å²) in [5.41, 5.74) is -3.63. The molecule has 0 radical (unpaired) electrons. The lowest BCUT2D eigenvalue weighted by atomic mass is 10.3. The topological polar surface area (TPSA) is 12.9 Å². The lowest BCUT2D eigenvalue weighted by Crippen LogP contribution is -2.16. The molecule has 9 heteroatoms.